The number of sulfonamides is 1. The second-order valence-corrected chi connectivity index (χ2v) is 9.70. The molecule has 0 aliphatic carbocycles. The third-order valence-electron chi connectivity index (χ3n) is 5.28. The Morgan fingerprint density at radius 3 is 2.76 bits per heavy atom. The summed E-state index contributed by atoms with van der Waals surface area (Å²) in [5, 5.41) is 0.0994. The van der Waals surface area contributed by atoms with Gasteiger partial charge in [0.25, 0.3) is 10.0 Å². The molecule has 0 bridgehead atoms. The predicted octanol–water partition coefficient (Wildman–Crippen LogP) is 2.69. The van der Waals surface area contributed by atoms with E-state index in [4.69, 9.17) is 4.98 Å². The number of nitrogens with zero attached hydrogens (tertiary/aromatic N) is 6. The van der Waals surface area contributed by atoms with Gasteiger partial charge in [0, 0.05) is 56.3 Å². The van der Waals surface area contributed by atoms with Gasteiger partial charge in [-0.1, -0.05) is 19.9 Å². The first-order valence-electron chi connectivity index (χ1n) is 9.85. The molecule has 8 nitrogen and oxygen atoms in total. The van der Waals surface area contributed by atoms with Crippen LogP contribution in [0.5, 0.6) is 0 Å². The highest BCUT2D eigenvalue weighted by Gasteiger charge is 2.32. The van der Waals surface area contributed by atoms with Crippen LogP contribution in [0.15, 0.2) is 48.1 Å². The zero-order chi connectivity index (χ0) is 20.6. The summed E-state index contributed by atoms with van der Waals surface area (Å²) in [7, 11) is -1.83. The number of aromatic nitrogens is 5. The Morgan fingerprint density at radius 1 is 1.21 bits per heavy atom. The van der Waals surface area contributed by atoms with Gasteiger partial charge in [-0.3, -0.25) is 4.57 Å². The zero-order valence-corrected chi connectivity index (χ0v) is 17.7. The van der Waals surface area contributed by atoms with Gasteiger partial charge in [0.05, 0.1) is 6.33 Å². The maximum atomic E-state index is 13.0. The normalized spacial score (nSPS) is 18.4. The maximum absolute atomic E-state index is 13.0. The van der Waals surface area contributed by atoms with Crippen molar-refractivity contribution in [3.63, 3.8) is 0 Å². The van der Waals surface area contributed by atoms with Gasteiger partial charge in [0.1, 0.15) is 11.6 Å². The highest BCUT2D eigenvalue weighted by molar-refractivity contribution is 7.89. The number of piperidine rings is 1. The van der Waals surface area contributed by atoms with E-state index in [0.29, 0.717) is 13.1 Å². The van der Waals surface area contributed by atoms with Gasteiger partial charge in [0.15, 0.2) is 5.03 Å². The van der Waals surface area contributed by atoms with Crippen molar-refractivity contribution in [2.45, 2.75) is 43.6 Å². The molecular formula is C20H26N6O2S. The van der Waals surface area contributed by atoms with Crippen molar-refractivity contribution in [1.29, 1.82) is 0 Å². The summed E-state index contributed by atoms with van der Waals surface area (Å²) in [5.74, 6) is 2.10. The topological polar surface area (TPSA) is 85.9 Å². The van der Waals surface area contributed by atoms with E-state index in [9.17, 15) is 8.42 Å². The summed E-state index contributed by atoms with van der Waals surface area (Å²) in [6.07, 6.45) is 8.46. The highest BCUT2D eigenvalue weighted by atomic mass is 32.2. The van der Waals surface area contributed by atoms with Crippen molar-refractivity contribution >= 4 is 10.0 Å². The minimum atomic E-state index is -3.60. The Kier molecular flexibility index (Phi) is 5.26. The summed E-state index contributed by atoms with van der Waals surface area (Å²) in [6, 6.07) is 5.92. The Morgan fingerprint density at radius 2 is 2.03 bits per heavy atom. The molecule has 1 unspecified atom stereocenters. The first kappa shape index (κ1) is 19.8. The van der Waals surface area contributed by atoms with E-state index >= 15 is 0 Å². The van der Waals surface area contributed by atoms with Crippen LogP contribution >= 0.6 is 0 Å². The van der Waals surface area contributed by atoms with Crippen LogP contribution in [0, 0.1) is 0 Å². The Bertz CT molecular complexity index is 1100. The smallest absolute Gasteiger partial charge is 0.262 e. The SMILES string of the molecule is CC(C)c1nccn1-c1cccc(C2CCCN(S(=O)(=O)c3cn(C)cn3)C2)n1. The Hall–Kier alpha value is -2.52. The minimum absolute atomic E-state index is 0.0493. The lowest BCUT2D eigenvalue weighted by Gasteiger charge is -2.31. The van der Waals surface area contributed by atoms with E-state index < -0.39 is 10.0 Å². The Balaban J connectivity index is 1.60. The largest absolute Gasteiger partial charge is 0.339 e. The van der Waals surface area contributed by atoms with Crippen LogP contribution in [-0.4, -0.2) is 49.9 Å². The van der Waals surface area contributed by atoms with E-state index in [0.717, 1.165) is 30.2 Å². The fraction of sp³-hybridized carbons (Fsp3) is 0.450. The lowest BCUT2D eigenvalue weighted by Crippen LogP contribution is -2.39. The molecule has 0 amide bonds. The van der Waals surface area contributed by atoms with Crippen molar-refractivity contribution < 1.29 is 8.42 Å². The molecule has 1 atom stereocenters. The van der Waals surface area contributed by atoms with Crippen LogP contribution in [-0.2, 0) is 17.1 Å². The van der Waals surface area contributed by atoms with Gasteiger partial charge in [-0.15, -0.1) is 0 Å². The molecule has 3 aromatic heterocycles. The summed E-state index contributed by atoms with van der Waals surface area (Å²) in [4.78, 5) is 13.3. The molecule has 0 radical (unpaired) electrons. The lowest BCUT2D eigenvalue weighted by atomic mass is 9.95. The lowest BCUT2D eigenvalue weighted by molar-refractivity contribution is 0.312. The first-order valence-corrected chi connectivity index (χ1v) is 11.3. The molecule has 154 valence electrons. The van der Waals surface area contributed by atoms with Crippen LogP contribution in [0.3, 0.4) is 0 Å². The van der Waals surface area contributed by atoms with E-state index in [1.165, 1.54) is 10.6 Å². The molecule has 0 aromatic carbocycles. The number of rotatable bonds is 5. The van der Waals surface area contributed by atoms with E-state index in [1.54, 1.807) is 24.0 Å². The third-order valence-corrected chi connectivity index (χ3v) is 7.03. The molecule has 0 spiro atoms. The molecule has 1 aliphatic heterocycles. The van der Waals surface area contributed by atoms with Gasteiger partial charge in [-0.2, -0.15) is 4.31 Å². The number of pyridine rings is 1. The van der Waals surface area contributed by atoms with Gasteiger partial charge >= 0.3 is 0 Å². The van der Waals surface area contributed by atoms with Gasteiger partial charge in [-0.05, 0) is 25.0 Å². The average Bonchev–Trinajstić information content (AvgIpc) is 3.38. The van der Waals surface area contributed by atoms with Gasteiger partial charge in [0.2, 0.25) is 0 Å². The zero-order valence-electron chi connectivity index (χ0n) is 16.9. The van der Waals surface area contributed by atoms with Crippen LogP contribution in [0.4, 0.5) is 0 Å². The average molecular weight is 415 g/mol. The molecule has 29 heavy (non-hydrogen) atoms. The van der Waals surface area contributed by atoms with Crippen molar-refractivity contribution in [2.75, 3.05) is 13.1 Å². The first-order chi connectivity index (χ1) is 13.9. The third kappa shape index (κ3) is 3.84. The molecule has 9 heteroatoms. The predicted molar refractivity (Wildman–Crippen MR) is 109 cm³/mol. The Labute approximate surface area is 171 Å². The van der Waals surface area contributed by atoms with Crippen LogP contribution < -0.4 is 0 Å². The molecule has 4 rings (SSSR count). The van der Waals surface area contributed by atoms with Crippen molar-refractivity contribution in [3.8, 4) is 5.82 Å². The van der Waals surface area contributed by atoms with Crippen LogP contribution in [0.2, 0.25) is 0 Å². The standard InChI is InChI=1S/C20H26N6O2S/c1-15(2)20-21-9-11-26(20)18-8-4-7-17(23-18)16-6-5-10-25(12-16)29(27,28)19-13-24(3)14-22-19/h4,7-9,11,13-16H,5-6,10,12H2,1-3H3. The molecular weight excluding hydrogens is 388 g/mol. The van der Waals surface area contributed by atoms with Crippen LogP contribution in [0.25, 0.3) is 5.82 Å². The molecule has 1 aliphatic rings. The van der Waals surface area contributed by atoms with E-state index in [2.05, 4.69) is 23.8 Å². The van der Waals surface area contributed by atoms with Crippen molar-refractivity contribution in [3.05, 3.63) is 54.6 Å². The molecule has 1 saturated heterocycles. The van der Waals surface area contributed by atoms with Gasteiger partial charge in [-0.25, -0.2) is 23.4 Å². The number of hydrogen-bond acceptors (Lipinski definition) is 5. The summed E-state index contributed by atoms with van der Waals surface area (Å²) < 4.78 is 31.1. The fourth-order valence-electron chi connectivity index (χ4n) is 3.79. The highest BCUT2D eigenvalue weighted by Crippen LogP contribution is 2.29. The fourth-order valence-corrected chi connectivity index (χ4v) is 5.28. The molecule has 4 heterocycles. The summed E-state index contributed by atoms with van der Waals surface area (Å²) >= 11 is 0. The molecule has 1 fully saturated rings. The maximum Gasteiger partial charge on any atom is 0.262 e. The second-order valence-electron chi connectivity index (χ2n) is 7.81. The van der Waals surface area contributed by atoms with Crippen LogP contribution in [0.1, 0.15) is 50.0 Å². The minimum Gasteiger partial charge on any atom is -0.339 e. The molecule has 0 N–H and O–H groups in total. The van der Waals surface area contributed by atoms with Crippen molar-refractivity contribution in [1.82, 2.24) is 28.4 Å². The number of hydrogen-bond donors (Lipinski definition) is 0. The number of aryl methyl sites for hydroxylation is 1. The molecule has 3 aromatic rings. The van der Waals surface area contributed by atoms with E-state index in [-0.39, 0.29) is 16.9 Å². The number of imidazole rings is 2. The molecule has 0 saturated carbocycles. The monoisotopic (exact) mass is 414 g/mol. The quantitative estimate of drug-likeness (QED) is 0.641. The second kappa shape index (κ2) is 7.72. The summed E-state index contributed by atoms with van der Waals surface area (Å²) in [5.41, 5.74) is 0.909. The van der Waals surface area contributed by atoms with Crippen molar-refractivity contribution in [2.24, 2.45) is 7.05 Å². The van der Waals surface area contributed by atoms with Gasteiger partial charge < -0.3 is 4.57 Å². The van der Waals surface area contributed by atoms with E-state index in [1.807, 2.05) is 29.0 Å². The summed E-state index contributed by atoms with van der Waals surface area (Å²) in [6.45, 7) is 5.12.